The maximum atomic E-state index is 4.90. The molecule has 1 N–H and O–H groups in total. The van der Waals surface area contributed by atoms with Gasteiger partial charge in [-0.25, -0.2) is 15.0 Å². The van der Waals surface area contributed by atoms with Gasteiger partial charge in [-0.3, -0.25) is 4.98 Å². The van der Waals surface area contributed by atoms with E-state index in [9.17, 15) is 0 Å². The first-order valence-corrected chi connectivity index (χ1v) is 12.7. The van der Waals surface area contributed by atoms with Crippen molar-refractivity contribution >= 4 is 39.5 Å². The molecule has 1 aliphatic heterocycles. The molecule has 184 valence electrons. The second-order valence-corrected chi connectivity index (χ2v) is 8.86. The first-order valence-electron chi connectivity index (χ1n) is 12.7. The summed E-state index contributed by atoms with van der Waals surface area (Å²) in [6.07, 6.45) is 15.4. The van der Waals surface area contributed by atoms with Crippen molar-refractivity contribution in [1.29, 1.82) is 0 Å². The van der Waals surface area contributed by atoms with Crippen molar-refractivity contribution in [2.75, 3.05) is 23.3 Å². The lowest BCUT2D eigenvalue weighted by molar-refractivity contribution is 0.546. The zero-order chi connectivity index (χ0) is 24.8. The minimum absolute atomic E-state index is 0.467. The molecule has 1 unspecified atom stereocenters. The Hall–Kier alpha value is -3.55. The van der Waals surface area contributed by atoms with Crippen molar-refractivity contribution in [3.8, 4) is 0 Å². The predicted molar refractivity (Wildman–Crippen MR) is 144 cm³/mol. The molecule has 0 aromatic carbocycles. The van der Waals surface area contributed by atoms with Crippen molar-refractivity contribution < 1.29 is 0 Å². The molecule has 4 aromatic rings. The molecule has 8 heteroatoms. The van der Waals surface area contributed by atoms with Crippen LogP contribution in [0.4, 0.5) is 17.6 Å². The van der Waals surface area contributed by atoms with Crippen LogP contribution in [0.25, 0.3) is 21.9 Å². The number of aromatic nitrogens is 6. The van der Waals surface area contributed by atoms with Crippen molar-refractivity contribution in [1.82, 2.24) is 29.5 Å². The van der Waals surface area contributed by atoms with E-state index in [2.05, 4.69) is 60.9 Å². The highest BCUT2D eigenvalue weighted by atomic mass is 15.2. The van der Waals surface area contributed by atoms with Crippen molar-refractivity contribution in [2.45, 2.75) is 58.9 Å². The van der Waals surface area contributed by atoms with Crippen LogP contribution in [0, 0.1) is 5.92 Å². The lowest BCUT2D eigenvalue weighted by Crippen LogP contribution is -2.20. The van der Waals surface area contributed by atoms with E-state index in [0.29, 0.717) is 23.7 Å². The molecule has 4 aromatic heterocycles. The van der Waals surface area contributed by atoms with Crippen LogP contribution in [0.15, 0.2) is 50.2 Å². The van der Waals surface area contributed by atoms with Crippen LogP contribution in [-0.4, -0.2) is 42.6 Å². The molecular weight excluding hydrogens is 436 g/mol. The third-order valence-electron chi connectivity index (χ3n) is 6.66. The van der Waals surface area contributed by atoms with Crippen molar-refractivity contribution in [2.24, 2.45) is 5.92 Å². The smallest absolute Gasteiger partial charge is 0.230 e. The second-order valence-electron chi connectivity index (χ2n) is 8.86. The Balaban J connectivity index is 0.000000689. The van der Waals surface area contributed by atoms with Gasteiger partial charge in [0.05, 0.1) is 24.1 Å². The molecule has 1 atom stereocenters. The molecule has 0 radical (unpaired) electrons. The molecule has 0 amide bonds. The number of pyridine rings is 1. The second kappa shape index (κ2) is 11.3. The molecule has 2 aliphatic rings. The molecule has 6 rings (SSSR count). The first kappa shape index (κ1) is 24.6. The van der Waals surface area contributed by atoms with Gasteiger partial charge in [-0.1, -0.05) is 33.6 Å². The minimum Gasteiger partial charge on any atom is -0.355 e. The van der Waals surface area contributed by atoms with Crippen LogP contribution in [0.1, 0.15) is 58.9 Å². The average molecular weight is 473 g/mol. The van der Waals surface area contributed by atoms with Gasteiger partial charge in [-0.2, -0.15) is 4.98 Å². The summed E-state index contributed by atoms with van der Waals surface area (Å²) in [5, 5.41) is 5.47. The van der Waals surface area contributed by atoms with E-state index < -0.39 is 0 Å². The molecule has 5 heterocycles. The van der Waals surface area contributed by atoms with Crippen LogP contribution >= 0.6 is 0 Å². The largest absolute Gasteiger partial charge is 0.355 e. The molecular formula is C27H36N8. The van der Waals surface area contributed by atoms with Crippen molar-refractivity contribution in [3.63, 3.8) is 0 Å². The Bertz CT molecular complexity index is 1240. The van der Waals surface area contributed by atoms with Crippen molar-refractivity contribution in [3.05, 3.63) is 50.2 Å². The zero-order valence-electron chi connectivity index (χ0n) is 21.1. The summed E-state index contributed by atoms with van der Waals surface area (Å²) >= 11 is 0. The summed E-state index contributed by atoms with van der Waals surface area (Å²) < 4.78 is 2.36. The molecule has 1 aliphatic carbocycles. The van der Waals surface area contributed by atoms with Crippen LogP contribution in [0.3, 0.4) is 0 Å². The maximum Gasteiger partial charge on any atom is 0.230 e. The fraction of sp³-hybridized carbons (Fsp3) is 0.444. The van der Waals surface area contributed by atoms with E-state index in [1.165, 1.54) is 32.1 Å². The summed E-state index contributed by atoms with van der Waals surface area (Å²) in [5.74, 6) is 2.83. The number of hydrogen-bond acceptors (Lipinski definition) is 7. The molecule has 35 heavy (non-hydrogen) atoms. The van der Waals surface area contributed by atoms with Crippen LogP contribution < -0.4 is 10.2 Å². The Kier molecular flexibility index (Phi) is 7.90. The topological polar surface area (TPSA) is 84.7 Å². The quantitative estimate of drug-likeness (QED) is 0.349. The fourth-order valence-electron chi connectivity index (χ4n) is 5.07. The average Bonchev–Trinajstić information content (AvgIpc) is 3.66. The van der Waals surface area contributed by atoms with Crippen LogP contribution in [0.2, 0.25) is 0 Å². The fourth-order valence-corrected chi connectivity index (χ4v) is 5.07. The third-order valence-corrected chi connectivity index (χ3v) is 6.66. The Morgan fingerprint density at radius 2 is 1.74 bits per heavy atom. The summed E-state index contributed by atoms with van der Waals surface area (Å²) in [6, 6.07) is 2.53. The highest BCUT2D eigenvalue weighted by Gasteiger charge is 2.23. The summed E-state index contributed by atoms with van der Waals surface area (Å²) in [6.45, 7) is 14.4. The minimum atomic E-state index is 0.467. The zero-order valence-corrected chi connectivity index (χ0v) is 21.1. The maximum absolute atomic E-state index is 4.90. The van der Waals surface area contributed by atoms with E-state index in [1.807, 2.05) is 38.6 Å². The third kappa shape index (κ3) is 4.97. The van der Waals surface area contributed by atoms with E-state index in [1.54, 1.807) is 6.20 Å². The van der Waals surface area contributed by atoms with Gasteiger partial charge in [0.1, 0.15) is 11.5 Å². The number of hydrogen-bond donors (Lipinski definition) is 1. The SMILES string of the molecule is C=C.CC.CC1CCN(c2cnc(Nc3ncc4c5ccncc5n(C5CCCC5)c4n3)cn2)C1. The Morgan fingerprint density at radius 3 is 2.43 bits per heavy atom. The van der Waals surface area contributed by atoms with E-state index in [4.69, 9.17) is 4.98 Å². The van der Waals surface area contributed by atoms with Gasteiger partial charge in [0.2, 0.25) is 5.95 Å². The van der Waals surface area contributed by atoms with E-state index in [-0.39, 0.29) is 0 Å². The number of rotatable bonds is 4. The summed E-state index contributed by atoms with van der Waals surface area (Å²) in [5.41, 5.74) is 2.10. The number of nitrogens with zero attached hydrogens (tertiary/aromatic N) is 7. The number of anilines is 3. The lowest BCUT2D eigenvalue weighted by Gasteiger charge is -2.16. The molecule has 8 nitrogen and oxygen atoms in total. The first-order chi connectivity index (χ1) is 17.3. The van der Waals surface area contributed by atoms with Crippen LogP contribution in [-0.2, 0) is 0 Å². The molecule has 1 saturated carbocycles. The normalized spacial score (nSPS) is 17.7. The molecule has 0 bridgehead atoms. The Morgan fingerprint density at radius 1 is 0.943 bits per heavy atom. The predicted octanol–water partition coefficient (Wildman–Crippen LogP) is 6.30. The van der Waals surface area contributed by atoms with E-state index >= 15 is 0 Å². The van der Waals surface area contributed by atoms with Gasteiger partial charge in [0, 0.05) is 42.3 Å². The van der Waals surface area contributed by atoms with Gasteiger partial charge in [0.25, 0.3) is 0 Å². The van der Waals surface area contributed by atoms with Gasteiger partial charge in [-0.05, 0) is 31.2 Å². The molecule has 1 saturated heterocycles. The number of nitrogens with one attached hydrogen (secondary N) is 1. The Labute approximate surface area is 207 Å². The van der Waals surface area contributed by atoms with E-state index in [0.717, 1.165) is 40.8 Å². The van der Waals surface area contributed by atoms with Gasteiger partial charge in [-0.15, -0.1) is 13.2 Å². The highest BCUT2D eigenvalue weighted by molar-refractivity contribution is 6.06. The van der Waals surface area contributed by atoms with Gasteiger partial charge >= 0.3 is 0 Å². The van der Waals surface area contributed by atoms with Gasteiger partial charge in [0.15, 0.2) is 5.82 Å². The number of fused-ring (bicyclic) bond motifs is 3. The van der Waals surface area contributed by atoms with Gasteiger partial charge < -0.3 is 14.8 Å². The standard InChI is InChI=1S/C23H26N8.C2H6.C2H4/c1-15-7-9-30(14-15)21-13-25-20(12-26-21)28-23-27-10-18-17-6-8-24-11-19(17)31(22(18)29-23)16-4-2-3-5-16;2*1-2/h6,8,10-13,15-16H,2-5,7,9,14H2,1H3,(H,25,27,28,29);1-2H3;1-2H2. The molecule has 2 fully saturated rings. The summed E-state index contributed by atoms with van der Waals surface area (Å²) in [7, 11) is 0. The van der Waals surface area contributed by atoms with Crippen LogP contribution in [0.5, 0.6) is 0 Å². The monoisotopic (exact) mass is 472 g/mol. The highest BCUT2D eigenvalue weighted by Crippen LogP contribution is 2.37. The molecule has 0 spiro atoms. The summed E-state index contributed by atoms with van der Waals surface area (Å²) in [4.78, 5) is 25.3. The lowest BCUT2D eigenvalue weighted by atomic mass is 10.2.